The summed E-state index contributed by atoms with van der Waals surface area (Å²) in [6.45, 7) is 0.467. The highest BCUT2D eigenvalue weighted by molar-refractivity contribution is 7.89. The average Bonchev–Trinajstić information content (AvgIpc) is 3.00. The van der Waals surface area contributed by atoms with E-state index in [4.69, 9.17) is 5.73 Å². The molecule has 1 aliphatic carbocycles. The third kappa shape index (κ3) is 1.95. The van der Waals surface area contributed by atoms with Gasteiger partial charge in [-0.15, -0.1) is 0 Å². The molecule has 1 aromatic rings. The number of nitrogens with zero attached hydrogens (tertiary/aromatic N) is 2. The van der Waals surface area contributed by atoms with Gasteiger partial charge in [0.15, 0.2) is 4.90 Å². The van der Waals surface area contributed by atoms with Gasteiger partial charge in [0.25, 0.3) is 5.69 Å². The SMILES string of the molecule is Nc1ccc(S(=O)(=O)N2CC3CCC2C3)c([N+](=O)[O-])c1. The van der Waals surface area contributed by atoms with Gasteiger partial charge in [-0.2, -0.15) is 4.31 Å². The number of hydrogen-bond acceptors (Lipinski definition) is 5. The van der Waals surface area contributed by atoms with Crippen LogP contribution in [0.15, 0.2) is 23.1 Å². The van der Waals surface area contributed by atoms with Crippen molar-refractivity contribution in [3.8, 4) is 0 Å². The molecule has 2 atom stereocenters. The molecule has 1 heterocycles. The molecule has 2 unspecified atom stereocenters. The van der Waals surface area contributed by atoms with E-state index < -0.39 is 20.6 Å². The van der Waals surface area contributed by atoms with Crippen LogP contribution in [0.4, 0.5) is 11.4 Å². The van der Waals surface area contributed by atoms with Gasteiger partial charge < -0.3 is 5.73 Å². The molecule has 1 aromatic carbocycles. The normalized spacial score (nSPS) is 26.0. The number of nitrogen functional groups attached to an aromatic ring is 1. The third-order valence-electron chi connectivity index (χ3n) is 4.13. The summed E-state index contributed by atoms with van der Waals surface area (Å²) >= 11 is 0. The zero-order valence-electron chi connectivity index (χ0n) is 10.7. The van der Waals surface area contributed by atoms with Crippen LogP contribution in [0.5, 0.6) is 0 Å². The molecule has 0 spiro atoms. The molecule has 108 valence electrons. The predicted octanol–water partition coefficient (Wildman–Crippen LogP) is 1.35. The second kappa shape index (κ2) is 4.42. The van der Waals surface area contributed by atoms with E-state index >= 15 is 0 Å². The number of sulfonamides is 1. The zero-order chi connectivity index (χ0) is 14.5. The third-order valence-corrected chi connectivity index (χ3v) is 6.09. The molecule has 7 nitrogen and oxygen atoms in total. The molecule has 2 N–H and O–H groups in total. The highest BCUT2D eigenvalue weighted by atomic mass is 32.2. The van der Waals surface area contributed by atoms with Gasteiger partial charge in [0.05, 0.1) is 4.92 Å². The van der Waals surface area contributed by atoms with Crippen molar-refractivity contribution in [1.29, 1.82) is 0 Å². The summed E-state index contributed by atoms with van der Waals surface area (Å²) in [4.78, 5) is 10.1. The molecular formula is C12H15N3O4S. The molecule has 0 amide bonds. The number of fused-ring (bicyclic) bond motifs is 2. The van der Waals surface area contributed by atoms with E-state index in [0.29, 0.717) is 12.5 Å². The van der Waals surface area contributed by atoms with Gasteiger partial charge >= 0.3 is 0 Å². The molecule has 0 radical (unpaired) electrons. The van der Waals surface area contributed by atoms with Crippen molar-refractivity contribution in [2.24, 2.45) is 5.92 Å². The Hall–Kier alpha value is -1.67. The van der Waals surface area contributed by atoms with E-state index in [1.54, 1.807) is 0 Å². The lowest BCUT2D eigenvalue weighted by Gasteiger charge is -2.25. The van der Waals surface area contributed by atoms with E-state index in [-0.39, 0.29) is 16.6 Å². The Morgan fingerprint density at radius 3 is 2.65 bits per heavy atom. The second-order valence-electron chi connectivity index (χ2n) is 5.39. The minimum absolute atomic E-state index is 0.0119. The Labute approximate surface area is 116 Å². The average molecular weight is 297 g/mol. The highest BCUT2D eigenvalue weighted by Gasteiger charge is 2.45. The maximum absolute atomic E-state index is 12.6. The summed E-state index contributed by atoms with van der Waals surface area (Å²) in [6.07, 6.45) is 2.75. The number of hydrogen-bond donors (Lipinski definition) is 1. The maximum atomic E-state index is 12.6. The van der Waals surface area contributed by atoms with Gasteiger partial charge in [-0.3, -0.25) is 10.1 Å². The highest BCUT2D eigenvalue weighted by Crippen LogP contribution is 2.41. The zero-order valence-corrected chi connectivity index (χ0v) is 11.5. The van der Waals surface area contributed by atoms with E-state index in [1.807, 2.05) is 0 Å². The Balaban J connectivity index is 2.06. The van der Waals surface area contributed by atoms with Crippen molar-refractivity contribution in [2.45, 2.75) is 30.2 Å². The van der Waals surface area contributed by atoms with Crippen LogP contribution in [0, 0.1) is 16.0 Å². The molecular weight excluding hydrogens is 282 g/mol. The number of nitro benzene ring substituents is 1. The molecule has 3 rings (SSSR count). The standard InChI is InChI=1S/C12H15N3O4S/c13-9-2-4-12(11(6-9)15(16)17)20(18,19)14-7-8-1-3-10(14)5-8/h2,4,6,8,10H,1,3,5,7,13H2. The van der Waals surface area contributed by atoms with Crippen LogP contribution in [0.3, 0.4) is 0 Å². The summed E-state index contributed by atoms with van der Waals surface area (Å²) in [6, 6.07) is 3.70. The van der Waals surface area contributed by atoms with Crippen molar-refractivity contribution in [3.63, 3.8) is 0 Å². The number of anilines is 1. The first kappa shape index (κ1) is 13.3. The van der Waals surface area contributed by atoms with Gasteiger partial charge in [-0.25, -0.2) is 8.42 Å². The van der Waals surface area contributed by atoms with Crippen LogP contribution >= 0.6 is 0 Å². The minimum Gasteiger partial charge on any atom is -0.399 e. The van der Waals surface area contributed by atoms with E-state index in [0.717, 1.165) is 25.3 Å². The van der Waals surface area contributed by atoms with Crippen LogP contribution < -0.4 is 5.73 Å². The van der Waals surface area contributed by atoms with E-state index in [2.05, 4.69) is 0 Å². The van der Waals surface area contributed by atoms with E-state index in [1.165, 1.54) is 16.4 Å². The van der Waals surface area contributed by atoms with Crippen LogP contribution in [0.25, 0.3) is 0 Å². The van der Waals surface area contributed by atoms with Crippen LogP contribution in [-0.4, -0.2) is 30.2 Å². The van der Waals surface area contributed by atoms with Crippen LogP contribution in [-0.2, 0) is 10.0 Å². The smallest absolute Gasteiger partial charge is 0.291 e. The Kier molecular flexibility index (Phi) is 2.94. The van der Waals surface area contributed by atoms with E-state index in [9.17, 15) is 18.5 Å². The number of nitro groups is 1. The first-order chi connectivity index (χ1) is 9.39. The lowest BCUT2D eigenvalue weighted by atomic mass is 10.1. The quantitative estimate of drug-likeness (QED) is 0.515. The molecule has 8 heteroatoms. The molecule has 2 aliphatic rings. The van der Waals surface area contributed by atoms with Crippen molar-refractivity contribution < 1.29 is 13.3 Å². The molecule has 0 aromatic heterocycles. The fourth-order valence-electron chi connectivity index (χ4n) is 3.20. The fraction of sp³-hybridized carbons (Fsp3) is 0.500. The van der Waals surface area contributed by atoms with Crippen LogP contribution in [0.1, 0.15) is 19.3 Å². The lowest BCUT2D eigenvalue weighted by molar-refractivity contribution is -0.387. The molecule has 2 fully saturated rings. The van der Waals surface area contributed by atoms with Crippen LogP contribution in [0.2, 0.25) is 0 Å². The fourth-order valence-corrected chi connectivity index (χ4v) is 5.08. The van der Waals surface area contributed by atoms with Gasteiger partial charge in [-0.1, -0.05) is 0 Å². The topological polar surface area (TPSA) is 107 Å². The molecule has 2 bridgehead atoms. The first-order valence-corrected chi connectivity index (χ1v) is 7.89. The molecule has 1 saturated carbocycles. The Morgan fingerprint density at radius 2 is 2.10 bits per heavy atom. The summed E-state index contributed by atoms with van der Waals surface area (Å²) < 4.78 is 26.7. The number of benzene rings is 1. The van der Waals surface area contributed by atoms with Crippen molar-refractivity contribution >= 4 is 21.4 Å². The van der Waals surface area contributed by atoms with Crippen molar-refractivity contribution in [3.05, 3.63) is 28.3 Å². The maximum Gasteiger partial charge on any atom is 0.291 e. The Bertz CT molecular complexity index is 673. The minimum atomic E-state index is -3.83. The van der Waals surface area contributed by atoms with Crippen molar-refractivity contribution in [2.75, 3.05) is 12.3 Å². The molecule has 1 aliphatic heterocycles. The number of piperidine rings is 1. The van der Waals surface area contributed by atoms with Crippen molar-refractivity contribution in [1.82, 2.24) is 4.31 Å². The summed E-state index contributed by atoms with van der Waals surface area (Å²) in [5.74, 6) is 0.391. The van der Waals surface area contributed by atoms with Gasteiger partial charge in [-0.05, 0) is 37.3 Å². The first-order valence-electron chi connectivity index (χ1n) is 6.45. The predicted molar refractivity (Wildman–Crippen MR) is 72.5 cm³/mol. The summed E-state index contributed by atoms with van der Waals surface area (Å²) in [5, 5.41) is 11.1. The lowest BCUT2D eigenvalue weighted by Crippen LogP contribution is -2.37. The molecule has 20 heavy (non-hydrogen) atoms. The van der Waals surface area contributed by atoms with Gasteiger partial charge in [0.2, 0.25) is 10.0 Å². The summed E-state index contributed by atoms with van der Waals surface area (Å²) in [7, 11) is -3.83. The Morgan fingerprint density at radius 1 is 1.35 bits per heavy atom. The second-order valence-corrected chi connectivity index (χ2v) is 7.25. The molecule has 1 saturated heterocycles. The number of nitrogens with two attached hydrogens (primary N) is 1. The monoisotopic (exact) mass is 297 g/mol. The van der Waals surface area contributed by atoms with Gasteiger partial charge in [0, 0.05) is 24.3 Å². The summed E-state index contributed by atoms with van der Waals surface area (Å²) in [5.41, 5.74) is 5.24. The largest absolute Gasteiger partial charge is 0.399 e. The van der Waals surface area contributed by atoms with Gasteiger partial charge in [0.1, 0.15) is 0 Å². The number of rotatable bonds is 3.